The molecule has 0 bridgehead atoms. The second kappa shape index (κ2) is 6.03. The Bertz CT molecular complexity index is 569. The highest BCUT2D eigenvalue weighted by Gasteiger charge is 2.17. The van der Waals surface area contributed by atoms with Crippen LogP contribution in [-0.2, 0) is 10.0 Å². The second-order valence-electron chi connectivity index (χ2n) is 4.30. The SMILES string of the molecule is CCCCN(C)c1ccc(S(N)(=O)=O)cc1C(=O)O. The van der Waals surface area contributed by atoms with Crippen molar-refractivity contribution in [1.29, 1.82) is 0 Å². The van der Waals surface area contributed by atoms with Crippen molar-refractivity contribution in [1.82, 2.24) is 0 Å². The minimum Gasteiger partial charge on any atom is -0.478 e. The van der Waals surface area contributed by atoms with Crippen LogP contribution in [0, 0.1) is 0 Å². The molecule has 0 aliphatic carbocycles. The van der Waals surface area contributed by atoms with E-state index in [1.54, 1.807) is 11.9 Å². The van der Waals surface area contributed by atoms with Gasteiger partial charge < -0.3 is 10.0 Å². The van der Waals surface area contributed by atoms with Gasteiger partial charge in [-0.15, -0.1) is 0 Å². The molecule has 1 aromatic rings. The molecule has 0 unspecified atom stereocenters. The lowest BCUT2D eigenvalue weighted by atomic mass is 10.1. The number of hydrogen-bond acceptors (Lipinski definition) is 4. The van der Waals surface area contributed by atoms with Gasteiger partial charge in [0.1, 0.15) is 0 Å². The molecule has 1 aromatic carbocycles. The van der Waals surface area contributed by atoms with Crippen molar-refractivity contribution in [3.63, 3.8) is 0 Å². The molecule has 0 amide bonds. The Labute approximate surface area is 112 Å². The smallest absolute Gasteiger partial charge is 0.337 e. The zero-order chi connectivity index (χ0) is 14.6. The van der Waals surface area contributed by atoms with Gasteiger partial charge in [0.25, 0.3) is 0 Å². The molecule has 0 aliphatic rings. The fraction of sp³-hybridized carbons (Fsp3) is 0.417. The number of primary sulfonamides is 1. The van der Waals surface area contributed by atoms with Gasteiger partial charge in [0, 0.05) is 13.6 Å². The predicted octanol–water partition coefficient (Wildman–Crippen LogP) is 1.27. The molecule has 0 atom stereocenters. The van der Waals surface area contributed by atoms with Crippen molar-refractivity contribution in [2.24, 2.45) is 5.14 Å². The van der Waals surface area contributed by atoms with Crippen LogP contribution < -0.4 is 10.0 Å². The number of sulfonamides is 1. The number of unbranched alkanes of at least 4 members (excludes halogenated alkanes) is 1. The number of carboxylic acids is 1. The average Bonchev–Trinajstić information content (AvgIpc) is 2.34. The maximum absolute atomic E-state index is 11.2. The molecule has 6 nitrogen and oxygen atoms in total. The summed E-state index contributed by atoms with van der Waals surface area (Å²) in [6, 6.07) is 3.88. The van der Waals surface area contributed by atoms with Crippen molar-refractivity contribution >= 4 is 21.7 Å². The van der Waals surface area contributed by atoms with Crippen molar-refractivity contribution in [2.75, 3.05) is 18.5 Å². The van der Waals surface area contributed by atoms with E-state index in [1.165, 1.54) is 12.1 Å². The third-order valence-corrected chi connectivity index (χ3v) is 3.70. The summed E-state index contributed by atoms with van der Waals surface area (Å²) in [5, 5.41) is 14.2. The molecule has 0 radical (unpaired) electrons. The van der Waals surface area contributed by atoms with Gasteiger partial charge in [-0.25, -0.2) is 18.4 Å². The van der Waals surface area contributed by atoms with Crippen LogP contribution in [0.3, 0.4) is 0 Å². The molecule has 0 aliphatic heterocycles. The zero-order valence-corrected chi connectivity index (χ0v) is 11.8. The maximum atomic E-state index is 11.2. The van der Waals surface area contributed by atoms with Crippen LogP contribution in [0.4, 0.5) is 5.69 Å². The van der Waals surface area contributed by atoms with E-state index in [9.17, 15) is 13.2 Å². The Morgan fingerprint density at radius 3 is 2.53 bits per heavy atom. The summed E-state index contributed by atoms with van der Waals surface area (Å²) in [5.74, 6) is -1.18. The molecule has 0 fully saturated rings. The van der Waals surface area contributed by atoms with E-state index in [1.807, 2.05) is 6.92 Å². The fourth-order valence-corrected chi connectivity index (χ4v) is 2.25. The van der Waals surface area contributed by atoms with Gasteiger partial charge in [-0.3, -0.25) is 0 Å². The molecule has 1 rings (SSSR count). The second-order valence-corrected chi connectivity index (χ2v) is 5.87. The number of nitrogens with zero attached hydrogens (tertiary/aromatic N) is 1. The summed E-state index contributed by atoms with van der Waals surface area (Å²) in [6.07, 6.45) is 1.91. The van der Waals surface area contributed by atoms with E-state index in [0.29, 0.717) is 12.2 Å². The zero-order valence-electron chi connectivity index (χ0n) is 11.0. The first-order valence-corrected chi connectivity index (χ1v) is 7.43. The Morgan fingerprint density at radius 2 is 2.05 bits per heavy atom. The summed E-state index contributed by atoms with van der Waals surface area (Å²) in [5.41, 5.74) is 0.415. The van der Waals surface area contributed by atoms with Crippen LogP contribution in [0.2, 0.25) is 0 Å². The average molecular weight is 286 g/mol. The summed E-state index contributed by atoms with van der Waals surface area (Å²) >= 11 is 0. The van der Waals surface area contributed by atoms with Crippen LogP contribution in [-0.4, -0.2) is 33.1 Å². The van der Waals surface area contributed by atoms with E-state index >= 15 is 0 Å². The highest BCUT2D eigenvalue weighted by molar-refractivity contribution is 7.89. The van der Waals surface area contributed by atoms with Crippen LogP contribution >= 0.6 is 0 Å². The minimum atomic E-state index is -3.90. The quantitative estimate of drug-likeness (QED) is 0.820. The van der Waals surface area contributed by atoms with Gasteiger partial charge in [-0.05, 0) is 24.6 Å². The van der Waals surface area contributed by atoms with Gasteiger partial charge in [-0.1, -0.05) is 13.3 Å². The van der Waals surface area contributed by atoms with E-state index in [2.05, 4.69) is 0 Å². The number of aromatic carboxylic acids is 1. The molecule has 0 heterocycles. The van der Waals surface area contributed by atoms with Crippen LogP contribution in [0.15, 0.2) is 23.1 Å². The van der Waals surface area contributed by atoms with Gasteiger partial charge >= 0.3 is 5.97 Å². The van der Waals surface area contributed by atoms with Crippen LogP contribution in [0.25, 0.3) is 0 Å². The third kappa shape index (κ3) is 3.93. The first-order chi connectivity index (χ1) is 8.77. The number of nitrogens with two attached hydrogens (primary N) is 1. The van der Waals surface area contributed by atoms with E-state index in [0.717, 1.165) is 18.9 Å². The summed E-state index contributed by atoms with van der Waals surface area (Å²) in [7, 11) is -2.13. The molecule has 0 saturated heterocycles. The standard InChI is InChI=1S/C12H18N2O4S/c1-3-4-7-14(2)11-6-5-9(19(13,17)18)8-10(11)12(15)16/h5-6,8H,3-4,7H2,1-2H3,(H,15,16)(H2,13,17,18). The lowest BCUT2D eigenvalue weighted by Crippen LogP contribution is -2.22. The van der Waals surface area contributed by atoms with E-state index in [4.69, 9.17) is 10.2 Å². The van der Waals surface area contributed by atoms with Crippen molar-refractivity contribution < 1.29 is 18.3 Å². The third-order valence-electron chi connectivity index (χ3n) is 2.79. The van der Waals surface area contributed by atoms with E-state index < -0.39 is 16.0 Å². The lowest BCUT2D eigenvalue weighted by molar-refractivity contribution is 0.0697. The highest BCUT2D eigenvalue weighted by Crippen LogP contribution is 2.23. The summed E-state index contributed by atoms with van der Waals surface area (Å²) in [4.78, 5) is 12.8. The first-order valence-electron chi connectivity index (χ1n) is 5.88. The predicted molar refractivity (Wildman–Crippen MR) is 73.0 cm³/mol. The minimum absolute atomic E-state index is 0.0647. The van der Waals surface area contributed by atoms with Gasteiger partial charge in [0.05, 0.1) is 16.1 Å². The number of carboxylic acid groups (broad SMARTS) is 1. The number of benzene rings is 1. The Morgan fingerprint density at radius 1 is 1.42 bits per heavy atom. The molecule has 0 spiro atoms. The highest BCUT2D eigenvalue weighted by atomic mass is 32.2. The van der Waals surface area contributed by atoms with E-state index in [-0.39, 0.29) is 10.5 Å². The van der Waals surface area contributed by atoms with Crippen molar-refractivity contribution in [3.05, 3.63) is 23.8 Å². The number of carbonyl (C=O) groups is 1. The van der Waals surface area contributed by atoms with Gasteiger partial charge in [0.15, 0.2) is 0 Å². The largest absolute Gasteiger partial charge is 0.478 e. The number of anilines is 1. The Balaban J connectivity index is 3.23. The number of hydrogen-bond donors (Lipinski definition) is 2. The molecular weight excluding hydrogens is 268 g/mol. The topological polar surface area (TPSA) is 101 Å². The van der Waals surface area contributed by atoms with Crippen LogP contribution in [0.5, 0.6) is 0 Å². The van der Waals surface area contributed by atoms with Crippen LogP contribution in [0.1, 0.15) is 30.1 Å². The van der Waals surface area contributed by atoms with Gasteiger partial charge in [-0.2, -0.15) is 0 Å². The summed E-state index contributed by atoms with van der Waals surface area (Å²) in [6.45, 7) is 2.74. The fourth-order valence-electron chi connectivity index (χ4n) is 1.71. The maximum Gasteiger partial charge on any atom is 0.337 e. The molecule has 106 valence electrons. The molecule has 0 saturated carbocycles. The van der Waals surface area contributed by atoms with Gasteiger partial charge in [0.2, 0.25) is 10.0 Å². The lowest BCUT2D eigenvalue weighted by Gasteiger charge is -2.21. The molecule has 7 heteroatoms. The molecule has 19 heavy (non-hydrogen) atoms. The molecule has 0 aromatic heterocycles. The Kier molecular flexibility index (Phi) is 4.90. The monoisotopic (exact) mass is 286 g/mol. The Hall–Kier alpha value is -1.60. The number of rotatable bonds is 6. The van der Waals surface area contributed by atoms with Crippen molar-refractivity contribution in [3.8, 4) is 0 Å². The van der Waals surface area contributed by atoms with Crippen molar-refractivity contribution in [2.45, 2.75) is 24.7 Å². The normalized spacial score (nSPS) is 11.3. The molecular formula is C12H18N2O4S. The molecule has 3 N–H and O–H groups in total. The summed E-state index contributed by atoms with van der Waals surface area (Å²) < 4.78 is 22.5. The first kappa shape index (κ1) is 15.5.